The summed E-state index contributed by atoms with van der Waals surface area (Å²) in [5.41, 5.74) is 8.01. The van der Waals surface area contributed by atoms with Crippen molar-refractivity contribution in [1.29, 1.82) is 0 Å². The Morgan fingerprint density at radius 3 is 2.64 bits per heavy atom. The number of nitrogens with zero attached hydrogens (tertiary/aromatic N) is 4. The Morgan fingerprint density at radius 2 is 2.00 bits per heavy atom. The van der Waals surface area contributed by atoms with E-state index >= 15 is 0 Å². The number of hydrogen-bond acceptors (Lipinski definition) is 7. The highest BCUT2D eigenvalue weighted by atomic mass is 16.5. The van der Waals surface area contributed by atoms with E-state index in [1.54, 1.807) is 17.9 Å². The summed E-state index contributed by atoms with van der Waals surface area (Å²) in [6.07, 6.45) is 4.49. The molecule has 1 saturated heterocycles. The number of methoxy groups -OCH3 is 1. The molecule has 4 rings (SSSR count). The molecule has 2 aromatic rings. The average Bonchev–Trinajstić information content (AvgIpc) is 3.41. The van der Waals surface area contributed by atoms with E-state index in [-0.39, 0.29) is 23.7 Å². The van der Waals surface area contributed by atoms with Crippen molar-refractivity contribution in [3.8, 4) is 0 Å². The number of rotatable bonds is 5. The molecule has 2 aromatic heterocycles. The third kappa shape index (κ3) is 2.89. The highest BCUT2D eigenvalue weighted by Crippen LogP contribution is 2.37. The smallest absolute Gasteiger partial charge is 0.350 e. The number of aromatic nitrogens is 3. The first-order chi connectivity index (χ1) is 13.3. The number of pyridine rings is 1. The minimum absolute atomic E-state index is 0.0103. The minimum Gasteiger partial charge on any atom is -0.380 e. The molecular weight excluding hydrogens is 360 g/mol. The van der Waals surface area contributed by atoms with Crippen LogP contribution in [0.4, 0.5) is 5.69 Å². The monoisotopic (exact) mass is 388 g/mol. The van der Waals surface area contributed by atoms with E-state index in [0.717, 1.165) is 43.6 Å². The van der Waals surface area contributed by atoms with Crippen LogP contribution in [0.25, 0.3) is 11.0 Å². The van der Waals surface area contributed by atoms with Gasteiger partial charge in [-0.3, -0.25) is 9.36 Å². The zero-order chi connectivity index (χ0) is 20.2. The Kier molecular flexibility index (Phi) is 4.67. The Morgan fingerprint density at radius 1 is 1.29 bits per heavy atom. The molecule has 0 spiro atoms. The zero-order valence-corrected chi connectivity index (χ0v) is 16.6. The van der Waals surface area contributed by atoms with Crippen LogP contribution in [0.1, 0.15) is 37.8 Å². The van der Waals surface area contributed by atoms with Gasteiger partial charge in [0.1, 0.15) is 0 Å². The lowest BCUT2D eigenvalue weighted by molar-refractivity contribution is 0.0791. The van der Waals surface area contributed by atoms with Crippen LogP contribution >= 0.6 is 0 Å². The normalized spacial score (nSPS) is 22.0. The zero-order valence-electron chi connectivity index (χ0n) is 16.6. The molecule has 0 amide bonds. The SMILES string of the molecule is COC(C)C(N)C1CCN(c2cnc3c(=O)n(N)c(=O)n(C4CC4)c3c2C)C1. The van der Waals surface area contributed by atoms with E-state index in [2.05, 4.69) is 9.88 Å². The number of fused-ring (bicyclic) bond motifs is 1. The van der Waals surface area contributed by atoms with Crippen LogP contribution < -0.4 is 27.7 Å². The Labute approximate surface area is 162 Å². The lowest BCUT2D eigenvalue weighted by Gasteiger charge is -2.26. The summed E-state index contributed by atoms with van der Waals surface area (Å²) in [6, 6.07) is 0.0428. The van der Waals surface area contributed by atoms with Gasteiger partial charge in [0.15, 0.2) is 5.52 Å². The molecule has 28 heavy (non-hydrogen) atoms. The maximum Gasteiger partial charge on any atom is 0.350 e. The molecule has 1 aliphatic carbocycles. The predicted molar refractivity (Wildman–Crippen MR) is 108 cm³/mol. The molecule has 3 unspecified atom stereocenters. The van der Waals surface area contributed by atoms with Crippen LogP contribution in [0.3, 0.4) is 0 Å². The minimum atomic E-state index is -0.554. The molecule has 0 bridgehead atoms. The fraction of sp³-hybridized carbons (Fsp3) is 0.632. The lowest BCUT2D eigenvalue weighted by atomic mass is 9.96. The highest BCUT2D eigenvalue weighted by molar-refractivity contribution is 5.83. The number of nitrogens with two attached hydrogens (primary N) is 2. The molecule has 1 saturated carbocycles. The van der Waals surface area contributed by atoms with Crippen LogP contribution in [0.2, 0.25) is 0 Å². The van der Waals surface area contributed by atoms with E-state index in [1.807, 2.05) is 13.8 Å². The first-order valence-corrected chi connectivity index (χ1v) is 9.80. The first-order valence-electron chi connectivity index (χ1n) is 9.80. The number of anilines is 1. The van der Waals surface area contributed by atoms with Crippen LogP contribution in [0, 0.1) is 12.8 Å². The quantitative estimate of drug-likeness (QED) is 0.697. The second-order valence-corrected chi connectivity index (χ2v) is 8.04. The van der Waals surface area contributed by atoms with Gasteiger partial charge in [0.05, 0.1) is 23.5 Å². The average molecular weight is 388 g/mol. The number of ether oxygens (including phenoxy) is 1. The third-order valence-electron chi connectivity index (χ3n) is 6.29. The second-order valence-electron chi connectivity index (χ2n) is 8.04. The molecule has 3 atom stereocenters. The van der Waals surface area contributed by atoms with Gasteiger partial charge in [0, 0.05) is 37.8 Å². The third-order valence-corrected chi connectivity index (χ3v) is 6.29. The summed E-state index contributed by atoms with van der Waals surface area (Å²) in [4.78, 5) is 31.8. The maximum atomic E-state index is 12.6. The van der Waals surface area contributed by atoms with Gasteiger partial charge >= 0.3 is 11.2 Å². The predicted octanol–water partition coefficient (Wildman–Crippen LogP) is 0.104. The van der Waals surface area contributed by atoms with Crippen LogP contribution in [-0.4, -0.2) is 46.6 Å². The number of hydrogen-bond donors (Lipinski definition) is 2. The van der Waals surface area contributed by atoms with E-state index < -0.39 is 11.2 Å². The Balaban J connectivity index is 1.77. The molecule has 2 fully saturated rings. The van der Waals surface area contributed by atoms with Gasteiger partial charge in [0.25, 0.3) is 0 Å². The summed E-state index contributed by atoms with van der Waals surface area (Å²) in [5, 5.41) is 0. The lowest BCUT2D eigenvalue weighted by Crippen LogP contribution is -2.45. The fourth-order valence-electron chi connectivity index (χ4n) is 4.30. The van der Waals surface area contributed by atoms with Gasteiger partial charge in [-0.15, -0.1) is 0 Å². The Bertz CT molecular complexity index is 1020. The molecule has 2 aliphatic rings. The van der Waals surface area contributed by atoms with Gasteiger partial charge in [0.2, 0.25) is 0 Å². The molecule has 1 aliphatic heterocycles. The standard InChI is InChI=1S/C19H28N6O3/c1-10-14(23-7-6-12(9-23)15(20)11(2)28-3)8-22-16-17(10)24(13-4-5-13)19(27)25(21)18(16)26/h8,11-13,15H,4-7,9,20-21H2,1-3H3. The largest absolute Gasteiger partial charge is 0.380 e. The molecule has 9 heteroatoms. The molecule has 0 radical (unpaired) electrons. The van der Waals surface area contributed by atoms with Crippen LogP contribution in [0.5, 0.6) is 0 Å². The van der Waals surface area contributed by atoms with Gasteiger partial charge in [-0.25, -0.2) is 9.78 Å². The number of aryl methyl sites for hydroxylation is 1. The second kappa shape index (κ2) is 6.89. The summed E-state index contributed by atoms with van der Waals surface area (Å²) in [6.45, 7) is 5.58. The van der Waals surface area contributed by atoms with Gasteiger partial charge in [-0.05, 0) is 39.0 Å². The highest BCUT2D eigenvalue weighted by Gasteiger charge is 2.33. The first kappa shape index (κ1) is 18.9. The molecule has 3 heterocycles. The van der Waals surface area contributed by atoms with E-state index in [0.29, 0.717) is 16.1 Å². The van der Waals surface area contributed by atoms with E-state index in [4.69, 9.17) is 16.3 Å². The van der Waals surface area contributed by atoms with Crippen molar-refractivity contribution in [3.63, 3.8) is 0 Å². The molecule has 152 valence electrons. The van der Waals surface area contributed by atoms with Gasteiger partial charge in [-0.1, -0.05) is 0 Å². The van der Waals surface area contributed by atoms with Crippen LogP contribution in [-0.2, 0) is 4.74 Å². The summed E-state index contributed by atoms with van der Waals surface area (Å²) in [7, 11) is 1.68. The van der Waals surface area contributed by atoms with Gasteiger partial charge in [-0.2, -0.15) is 4.68 Å². The van der Waals surface area contributed by atoms with Crippen molar-refractivity contribution in [3.05, 3.63) is 32.6 Å². The molecule has 4 N–H and O–H groups in total. The fourth-order valence-corrected chi connectivity index (χ4v) is 4.30. The van der Waals surface area contributed by atoms with Crippen molar-refractivity contribution in [2.24, 2.45) is 11.7 Å². The summed E-state index contributed by atoms with van der Waals surface area (Å²) in [5.74, 6) is 6.02. The van der Waals surface area contributed by atoms with Crippen molar-refractivity contribution in [2.45, 2.75) is 51.3 Å². The van der Waals surface area contributed by atoms with Crippen molar-refractivity contribution in [2.75, 3.05) is 30.9 Å². The molecule has 0 aromatic carbocycles. The Hall–Kier alpha value is -2.39. The van der Waals surface area contributed by atoms with Crippen molar-refractivity contribution < 1.29 is 4.74 Å². The topological polar surface area (TPSA) is 121 Å². The van der Waals surface area contributed by atoms with Crippen molar-refractivity contribution >= 4 is 16.7 Å². The van der Waals surface area contributed by atoms with E-state index in [1.165, 1.54) is 0 Å². The van der Waals surface area contributed by atoms with Crippen molar-refractivity contribution in [1.82, 2.24) is 14.2 Å². The number of nitrogen functional groups attached to an aromatic ring is 1. The van der Waals surface area contributed by atoms with E-state index in [9.17, 15) is 9.59 Å². The maximum absolute atomic E-state index is 12.6. The molecular formula is C19H28N6O3. The van der Waals surface area contributed by atoms with Crippen LogP contribution in [0.15, 0.2) is 15.8 Å². The van der Waals surface area contributed by atoms with Gasteiger partial charge < -0.3 is 21.2 Å². The summed E-state index contributed by atoms with van der Waals surface area (Å²) < 4.78 is 7.71. The summed E-state index contributed by atoms with van der Waals surface area (Å²) >= 11 is 0. The molecule has 9 nitrogen and oxygen atoms in total.